The highest BCUT2D eigenvalue weighted by Crippen LogP contribution is 2.58. The zero-order valence-corrected chi connectivity index (χ0v) is 15.1. The molecule has 0 spiro atoms. The van der Waals surface area contributed by atoms with Crippen molar-refractivity contribution in [1.82, 2.24) is 4.90 Å². The zero-order chi connectivity index (χ0) is 18.4. The Bertz CT molecular complexity index is 824. The molecule has 0 unspecified atom stereocenters. The first-order valence-electron chi connectivity index (χ1n) is 9.29. The number of rotatable bonds is 4. The van der Waals surface area contributed by atoms with E-state index in [9.17, 15) is 14.7 Å². The first-order chi connectivity index (χ1) is 12.6. The van der Waals surface area contributed by atoms with Crippen molar-refractivity contribution >= 4 is 11.9 Å². The van der Waals surface area contributed by atoms with Crippen molar-refractivity contribution in [2.24, 2.45) is 11.8 Å². The van der Waals surface area contributed by atoms with E-state index in [-0.39, 0.29) is 17.7 Å². The second kappa shape index (κ2) is 6.27. The number of amides is 1. The van der Waals surface area contributed by atoms with Gasteiger partial charge in [-0.1, -0.05) is 48.5 Å². The second-order valence-corrected chi connectivity index (χ2v) is 7.11. The number of carbonyl (C=O) groups is 2. The lowest BCUT2D eigenvalue weighted by molar-refractivity contribution is -0.152. The van der Waals surface area contributed by atoms with Gasteiger partial charge in [0.05, 0.1) is 11.8 Å². The zero-order valence-electron chi connectivity index (χ0n) is 15.1. The van der Waals surface area contributed by atoms with Gasteiger partial charge in [0.25, 0.3) is 0 Å². The Balaban J connectivity index is 1.96. The largest absolute Gasteiger partial charge is 0.481 e. The van der Waals surface area contributed by atoms with Crippen molar-refractivity contribution in [1.29, 1.82) is 0 Å². The van der Waals surface area contributed by atoms with Crippen LogP contribution in [0.25, 0.3) is 0 Å². The van der Waals surface area contributed by atoms with E-state index in [1.807, 2.05) is 50.2 Å². The summed E-state index contributed by atoms with van der Waals surface area (Å²) in [5, 5.41) is 10.1. The summed E-state index contributed by atoms with van der Waals surface area (Å²) in [6.07, 6.45) is 0. The van der Waals surface area contributed by atoms with Crippen molar-refractivity contribution in [3.05, 3.63) is 70.8 Å². The monoisotopic (exact) mass is 349 g/mol. The maximum atomic E-state index is 13.3. The molecular formula is C22H23NO3. The van der Waals surface area contributed by atoms with E-state index in [2.05, 4.69) is 12.1 Å². The summed E-state index contributed by atoms with van der Waals surface area (Å²) in [5.41, 5.74) is 4.35. The van der Waals surface area contributed by atoms with Crippen LogP contribution in [0.4, 0.5) is 0 Å². The molecule has 0 aliphatic heterocycles. The average molecular weight is 349 g/mol. The van der Waals surface area contributed by atoms with E-state index in [1.165, 1.54) is 0 Å². The Morgan fingerprint density at radius 1 is 0.808 bits per heavy atom. The molecule has 0 aromatic heterocycles. The molecule has 1 N–H and O–H groups in total. The van der Waals surface area contributed by atoms with Gasteiger partial charge in [0.1, 0.15) is 0 Å². The predicted molar refractivity (Wildman–Crippen MR) is 99.1 cm³/mol. The summed E-state index contributed by atoms with van der Waals surface area (Å²) in [7, 11) is 0. The third-order valence-corrected chi connectivity index (χ3v) is 6.08. The van der Waals surface area contributed by atoms with E-state index in [4.69, 9.17) is 0 Å². The van der Waals surface area contributed by atoms with Crippen molar-refractivity contribution < 1.29 is 14.7 Å². The standard InChI is InChI=1S/C22H23NO3/c1-3-23(4-2)21(24)19-17-13-9-5-7-11-15(13)18(20(19)22(25)26)16-12-8-6-10-14(16)17/h5-12,17-20H,3-4H2,1-2H3,(H,25,26)/t17?,18?,19-,20-/m0/s1. The Kier molecular flexibility index (Phi) is 4.06. The first kappa shape index (κ1) is 16.8. The minimum Gasteiger partial charge on any atom is -0.481 e. The van der Waals surface area contributed by atoms with Gasteiger partial charge in [0, 0.05) is 24.9 Å². The quantitative estimate of drug-likeness (QED) is 0.920. The maximum Gasteiger partial charge on any atom is 0.308 e. The summed E-state index contributed by atoms with van der Waals surface area (Å²) in [5.74, 6) is -2.66. The van der Waals surface area contributed by atoms with E-state index < -0.39 is 17.8 Å². The SMILES string of the molecule is CCN(CC)C(=O)[C@H]1C2c3ccccc3C(c3ccccc32)[C@@H]1C(=O)O. The van der Waals surface area contributed by atoms with E-state index in [0.717, 1.165) is 22.3 Å². The van der Waals surface area contributed by atoms with Crippen LogP contribution in [-0.4, -0.2) is 35.0 Å². The van der Waals surface area contributed by atoms with Gasteiger partial charge in [-0.05, 0) is 36.1 Å². The number of carboxylic acids is 1. The Morgan fingerprint density at radius 3 is 1.54 bits per heavy atom. The number of hydrogen-bond acceptors (Lipinski definition) is 2. The van der Waals surface area contributed by atoms with E-state index >= 15 is 0 Å². The van der Waals surface area contributed by atoms with Gasteiger partial charge in [-0.25, -0.2) is 0 Å². The summed E-state index contributed by atoms with van der Waals surface area (Å²) in [4.78, 5) is 27.4. The predicted octanol–water partition coefficient (Wildman–Crippen LogP) is 3.46. The molecule has 5 rings (SSSR count). The molecule has 2 bridgehead atoms. The molecule has 0 radical (unpaired) electrons. The Labute approximate surface area is 153 Å². The van der Waals surface area contributed by atoms with Crippen LogP contribution in [0.15, 0.2) is 48.5 Å². The molecule has 2 aromatic rings. The molecule has 0 heterocycles. The number of benzene rings is 2. The fourth-order valence-corrected chi connectivity index (χ4v) is 5.02. The lowest BCUT2D eigenvalue weighted by atomic mass is 9.54. The number of carboxylic acid groups (broad SMARTS) is 1. The Hall–Kier alpha value is -2.62. The fraction of sp³-hybridized carbons (Fsp3) is 0.364. The van der Waals surface area contributed by atoms with Crippen LogP contribution in [-0.2, 0) is 9.59 Å². The minimum absolute atomic E-state index is 0.0404. The van der Waals surface area contributed by atoms with Crippen LogP contribution in [0.2, 0.25) is 0 Å². The van der Waals surface area contributed by atoms with Gasteiger partial charge in [0.2, 0.25) is 5.91 Å². The number of hydrogen-bond donors (Lipinski definition) is 1. The molecule has 0 saturated carbocycles. The highest BCUT2D eigenvalue weighted by Gasteiger charge is 2.55. The van der Waals surface area contributed by atoms with Gasteiger partial charge in [0.15, 0.2) is 0 Å². The second-order valence-electron chi connectivity index (χ2n) is 7.11. The third kappa shape index (κ3) is 2.21. The molecule has 1 amide bonds. The normalized spacial score (nSPS) is 25.3. The van der Waals surface area contributed by atoms with Gasteiger partial charge < -0.3 is 10.0 Å². The number of carbonyl (C=O) groups excluding carboxylic acids is 1. The smallest absolute Gasteiger partial charge is 0.308 e. The van der Waals surface area contributed by atoms with Crippen molar-refractivity contribution in [2.75, 3.05) is 13.1 Å². The van der Waals surface area contributed by atoms with Crippen LogP contribution in [0.1, 0.15) is 47.9 Å². The molecule has 4 heteroatoms. The van der Waals surface area contributed by atoms with Gasteiger partial charge in [-0.3, -0.25) is 9.59 Å². The molecule has 3 aliphatic rings. The molecule has 2 aromatic carbocycles. The lowest BCUT2D eigenvalue weighted by Crippen LogP contribution is -2.51. The molecule has 26 heavy (non-hydrogen) atoms. The van der Waals surface area contributed by atoms with Crippen LogP contribution in [0.5, 0.6) is 0 Å². The summed E-state index contributed by atoms with van der Waals surface area (Å²) in [6.45, 7) is 5.08. The molecule has 4 nitrogen and oxygen atoms in total. The van der Waals surface area contributed by atoms with Crippen molar-refractivity contribution in [3.8, 4) is 0 Å². The number of fused-ring (bicyclic) bond motifs is 1. The topological polar surface area (TPSA) is 57.6 Å². The average Bonchev–Trinajstić information content (AvgIpc) is 2.68. The highest BCUT2D eigenvalue weighted by molar-refractivity contribution is 5.89. The number of aliphatic carboxylic acids is 1. The lowest BCUT2D eigenvalue weighted by Gasteiger charge is -2.49. The molecule has 0 fully saturated rings. The van der Waals surface area contributed by atoms with E-state index in [1.54, 1.807) is 4.90 Å². The van der Waals surface area contributed by atoms with Crippen LogP contribution < -0.4 is 0 Å². The first-order valence-corrected chi connectivity index (χ1v) is 9.29. The number of nitrogens with zero attached hydrogens (tertiary/aromatic N) is 1. The van der Waals surface area contributed by atoms with Gasteiger partial charge in [-0.15, -0.1) is 0 Å². The highest BCUT2D eigenvalue weighted by atomic mass is 16.4. The maximum absolute atomic E-state index is 13.3. The van der Waals surface area contributed by atoms with Gasteiger partial charge in [-0.2, -0.15) is 0 Å². The minimum atomic E-state index is -0.880. The summed E-state index contributed by atoms with van der Waals surface area (Å²) >= 11 is 0. The molecule has 134 valence electrons. The molecule has 3 aliphatic carbocycles. The van der Waals surface area contributed by atoms with Crippen LogP contribution in [0.3, 0.4) is 0 Å². The molecular weight excluding hydrogens is 326 g/mol. The van der Waals surface area contributed by atoms with E-state index in [0.29, 0.717) is 13.1 Å². The summed E-state index contributed by atoms with van der Waals surface area (Å²) in [6, 6.07) is 16.1. The molecule has 0 saturated heterocycles. The van der Waals surface area contributed by atoms with Crippen LogP contribution in [0, 0.1) is 11.8 Å². The van der Waals surface area contributed by atoms with Crippen molar-refractivity contribution in [3.63, 3.8) is 0 Å². The van der Waals surface area contributed by atoms with Gasteiger partial charge >= 0.3 is 5.97 Å². The molecule has 2 atom stereocenters. The third-order valence-electron chi connectivity index (χ3n) is 6.08. The van der Waals surface area contributed by atoms with Crippen LogP contribution >= 0.6 is 0 Å². The fourth-order valence-electron chi connectivity index (χ4n) is 5.02. The Morgan fingerprint density at radius 2 is 1.19 bits per heavy atom. The van der Waals surface area contributed by atoms with Crippen molar-refractivity contribution in [2.45, 2.75) is 25.7 Å². The summed E-state index contributed by atoms with van der Waals surface area (Å²) < 4.78 is 0.